The minimum atomic E-state index is -1.31. The van der Waals surface area contributed by atoms with E-state index >= 15 is 0 Å². The first-order valence-electron chi connectivity index (χ1n) is 10.3. The summed E-state index contributed by atoms with van der Waals surface area (Å²) in [5.74, 6) is -1.20. The number of amides is 1. The molecule has 174 valence electrons. The molecule has 0 unspecified atom stereocenters. The molecule has 0 saturated heterocycles. The first-order chi connectivity index (χ1) is 16.4. The number of anilines is 1. The fraction of sp³-hybridized carbons (Fsp3) is 0.160. The fourth-order valence-corrected chi connectivity index (χ4v) is 3.16. The summed E-state index contributed by atoms with van der Waals surface area (Å²) in [6.07, 6.45) is -1.76. The minimum absolute atomic E-state index is 0.158. The van der Waals surface area contributed by atoms with E-state index in [1.165, 1.54) is 31.4 Å². The van der Waals surface area contributed by atoms with Gasteiger partial charge in [0.05, 0.1) is 24.1 Å². The van der Waals surface area contributed by atoms with E-state index in [0.717, 1.165) is 0 Å². The number of methoxy groups -OCH3 is 1. The highest BCUT2D eigenvalue weighted by atomic mass is 16.6. The lowest BCUT2D eigenvalue weighted by Gasteiger charge is -2.17. The molecule has 0 aliphatic heterocycles. The van der Waals surface area contributed by atoms with Crippen molar-refractivity contribution in [1.82, 2.24) is 0 Å². The zero-order valence-electron chi connectivity index (χ0n) is 18.3. The molecular weight excluding hydrogens is 440 g/mol. The second-order valence-electron chi connectivity index (χ2n) is 7.20. The van der Waals surface area contributed by atoms with Gasteiger partial charge < -0.3 is 14.8 Å². The first-order valence-corrected chi connectivity index (χ1v) is 10.3. The maximum atomic E-state index is 13.0. The molecule has 0 spiro atoms. The smallest absolute Gasteiger partial charge is 0.307 e. The zero-order chi connectivity index (χ0) is 24.5. The molecule has 34 heavy (non-hydrogen) atoms. The molecule has 3 aromatic carbocycles. The number of nitro groups is 1. The lowest BCUT2D eigenvalue weighted by atomic mass is 9.99. The zero-order valence-corrected chi connectivity index (χ0v) is 18.3. The number of ether oxygens (including phenoxy) is 2. The van der Waals surface area contributed by atoms with Crippen LogP contribution in [-0.2, 0) is 14.3 Å². The minimum Gasteiger partial charge on any atom is -0.495 e. The number of hydrogen-bond acceptors (Lipinski definition) is 7. The summed E-state index contributed by atoms with van der Waals surface area (Å²) < 4.78 is 10.6. The third-order valence-electron chi connectivity index (χ3n) is 4.89. The van der Waals surface area contributed by atoms with Crippen LogP contribution in [0.1, 0.15) is 34.9 Å². The number of hydrogen-bond donors (Lipinski definition) is 1. The number of rotatable bonds is 10. The van der Waals surface area contributed by atoms with Crippen molar-refractivity contribution in [2.75, 3.05) is 12.4 Å². The van der Waals surface area contributed by atoms with E-state index in [0.29, 0.717) is 17.0 Å². The molecule has 0 heterocycles. The van der Waals surface area contributed by atoms with Crippen LogP contribution in [0.15, 0.2) is 78.9 Å². The van der Waals surface area contributed by atoms with Crippen molar-refractivity contribution in [3.05, 3.63) is 100 Å². The maximum Gasteiger partial charge on any atom is 0.307 e. The van der Waals surface area contributed by atoms with Crippen LogP contribution in [0.3, 0.4) is 0 Å². The Balaban J connectivity index is 1.70. The Bertz CT molecular complexity index is 1180. The number of carbonyl (C=O) groups excluding carboxylic acids is 3. The van der Waals surface area contributed by atoms with E-state index in [4.69, 9.17) is 9.47 Å². The van der Waals surface area contributed by atoms with Gasteiger partial charge in [0.2, 0.25) is 11.7 Å². The molecule has 9 nitrogen and oxygen atoms in total. The molecule has 3 aromatic rings. The van der Waals surface area contributed by atoms with Gasteiger partial charge in [-0.1, -0.05) is 42.5 Å². The van der Waals surface area contributed by atoms with E-state index < -0.39 is 28.7 Å². The standard InChI is InChI=1S/C25H22N2O7/c1-33-21-10-6-5-9-20(21)26-22(28)15-16-23(29)34-25(24(30)17-7-3-2-4-8-17)18-11-13-19(14-12-18)27(31)32/h2-14,25H,15-16H2,1H3,(H,26,28)/t25-/m1/s1. The predicted molar refractivity (Wildman–Crippen MR) is 124 cm³/mol. The summed E-state index contributed by atoms with van der Waals surface area (Å²) in [5, 5.41) is 13.6. The highest BCUT2D eigenvalue weighted by Gasteiger charge is 2.27. The molecule has 0 aliphatic carbocycles. The fourth-order valence-electron chi connectivity index (χ4n) is 3.16. The molecule has 1 N–H and O–H groups in total. The van der Waals surface area contributed by atoms with Crippen LogP contribution in [0.25, 0.3) is 0 Å². The van der Waals surface area contributed by atoms with Crippen molar-refractivity contribution in [2.24, 2.45) is 0 Å². The van der Waals surface area contributed by atoms with Gasteiger partial charge in [0, 0.05) is 29.7 Å². The normalized spacial score (nSPS) is 11.2. The van der Waals surface area contributed by atoms with Crippen molar-refractivity contribution >= 4 is 29.0 Å². The third kappa shape index (κ3) is 6.26. The Morgan fingerprint density at radius 3 is 2.21 bits per heavy atom. The van der Waals surface area contributed by atoms with Crippen LogP contribution < -0.4 is 10.1 Å². The van der Waals surface area contributed by atoms with Gasteiger partial charge in [-0.15, -0.1) is 0 Å². The van der Waals surface area contributed by atoms with E-state index in [2.05, 4.69) is 5.32 Å². The van der Waals surface area contributed by atoms with Gasteiger partial charge in [-0.25, -0.2) is 0 Å². The van der Waals surface area contributed by atoms with Gasteiger partial charge in [0.25, 0.3) is 5.69 Å². The average Bonchev–Trinajstić information content (AvgIpc) is 2.86. The molecule has 0 aliphatic rings. The van der Waals surface area contributed by atoms with Crippen molar-refractivity contribution in [3.63, 3.8) is 0 Å². The lowest BCUT2D eigenvalue weighted by Crippen LogP contribution is -2.21. The Hall–Kier alpha value is -4.53. The van der Waals surface area contributed by atoms with Crippen LogP contribution >= 0.6 is 0 Å². The number of non-ortho nitro benzene ring substituents is 1. The first kappa shape index (κ1) is 24.1. The summed E-state index contributed by atoms with van der Waals surface area (Å²) >= 11 is 0. The number of nitrogens with one attached hydrogen (secondary N) is 1. The van der Waals surface area contributed by atoms with Crippen LogP contribution in [0.2, 0.25) is 0 Å². The number of nitrogens with zero attached hydrogens (tertiary/aromatic N) is 1. The summed E-state index contributed by atoms with van der Waals surface area (Å²) in [5.41, 5.74) is 0.902. The van der Waals surface area contributed by atoms with E-state index in [9.17, 15) is 24.5 Å². The van der Waals surface area contributed by atoms with E-state index in [1.807, 2.05) is 0 Å². The van der Waals surface area contributed by atoms with Crippen LogP contribution in [-0.4, -0.2) is 29.7 Å². The highest BCUT2D eigenvalue weighted by Crippen LogP contribution is 2.26. The predicted octanol–water partition coefficient (Wildman–Crippen LogP) is 4.49. The van der Waals surface area contributed by atoms with Crippen molar-refractivity contribution in [2.45, 2.75) is 18.9 Å². The van der Waals surface area contributed by atoms with Gasteiger partial charge in [0.1, 0.15) is 5.75 Å². The summed E-state index contributed by atoms with van der Waals surface area (Å²) in [4.78, 5) is 48.2. The quantitative estimate of drug-likeness (QED) is 0.204. The largest absolute Gasteiger partial charge is 0.495 e. The summed E-state index contributed by atoms with van der Waals surface area (Å²) in [6, 6.07) is 20.3. The molecule has 1 atom stereocenters. The van der Waals surface area contributed by atoms with Crippen LogP contribution in [0.5, 0.6) is 5.75 Å². The maximum absolute atomic E-state index is 13.0. The number of esters is 1. The van der Waals surface area contributed by atoms with Crippen LogP contribution in [0.4, 0.5) is 11.4 Å². The monoisotopic (exact) mass is 462 g/mol. The van der Waals surface area contributed by atoms with Gasteiger partial charge >= 0.3 is 5.97 Å². The number of nitro benzene ring substituents is 1. The number of Topliss-reactive ketones (excluding diaryl/α,β-unsaturated/α-hetero) is 1. The Morgan fingerprint density at radius 1 is 0.912 bits per heavy atom. The molecular formula is C25H22N2O7. The molecule has 0 saturated carbocycles. The third-order valence-corrected chi connectivity index (χ3v) is 4.89. The molecule has 0 fully saturated rings. The number of para-hydroxylation sites is 2. The van der Waals surface area contributed by atoms with Gasteiger partial charge in [-0.2, -0.15) is 0 Å². The molecule has 1 amide bonds. The topological polar surface area (TPSA) is 125 Å². The van der Waals surface area contributed by atoms with Gasteiger partial charge in [0.15, 0.2) is 6.10 Å². The number of benzene rings is 3. The van der Waals surface area contributed by atoms with E-state index in [-0.39, 0.29) is 24.1 Å². The molecule has 3 rings (SSSR count). The second-order valence-corrected chi connectivity index (χ2v) is 7.20. The average molecular weight is 462 g/mol. The SMILES string of the molecule is COc1ccccc1NC(=O)CCC(=O)O[C@@H](C(=O)c1ccccc1)c1ccc([N+](=O)[O-])cc1. The lowest BCUT2D eigenvalue weighted by molar-refractivity contribution is -0.384. The Labute approximate surface area is 195 Å². The number of ketones is 1. The van der Waals surface area contributed by atoms with Crippen molar-refractivity contribution < 1.29 is 28.8 Å². The van der Waals surface area contributed by atoms with Crippen molar-refractivity contribution in [1.29, 1.82) is 0 Å². The Morgan fingerprint density at radius 2 is 1.56 bits per heavy atom. The summed E-state index contributed by atoms with van der Waals surface area (Å²) in [7, 11) is 1.48. The van der Waals surface area contributed by atoms with Crippen molar-refractivity contribution in [3.8, 4) is 5.75 Å². The molecule has 9 heteroatoms. The van der Waals surface area contributed by atoms with Gasteiger partial charge in [-0.05, 0) is 24.3 Å². The van der Waals surface area contributed by atoms with E-state index in [1.54, 1.807) is 54.6 Å². The number of carbonyl (C=O) groups is 3. The molecule has 0 radical (unpaired) electrons. The second kappa shape index (κ2) is 11.4. The summed E-state index contributed by atoms with van der Waals surface area (Å²) in [6.45, 7) is 0. The van der Waals surface area contributed by atoms with Gasteiger partial charge in [-0.3, -0.25) is 24.5 Å². The molecule has 0 bridgehead atoms. The Kier molecular flexibility index (Phi) is 8.07. The van der Waals surface area contributed by atoms with Crippen LogP contribution in [0, 0.1) is 10.1 Å². The molecule has 0 aromatic heterocycles. The highest BCUT2D eigenvalue weighted by molar-refractivity contribution is 6.01.